The molecule has 0 aromatic heterocycles. The smallest absolute Gasteiger partial charge is 0.145 e. The first kappa shape index (κ1) is 24.0. The molecular weight excluding hydrogens is 428 g/mol. The average Bonchev–Trinajstić information content (AvgIpc) is 3.34. The summed E-state index contributed by atoms with van der Waals surface area (Å²) in [5.41, 5.74) is 4.24. The molecule has 3 aromatic carbocycles. The fourth-order valence-electron chi connectivity index (χ4n) is 4.09. The molecule has 2 atom stereocenters. The van der Waals surface area contributed by atoms with E-state index >= 15 is 0 Å². The second kappa shape index (κ2) is 12.3. The van der Waals surface area contributed by atoms with Crippen LogP contribution in [-0.2, 0) is 22.7 Å². The van der Waals surface area contributed by atoms with Crippen LogP contribution in [0.3, 0.4) is 0 Å². The highest BCUT2D eigenvalue weighted by Crippen LogP contribution is 2.20. The summed E-state index contributed by atoms with van der Waals surface area (Å²) < 4.78 is 11.1. The van der Waals surface area contributed by atoms with Crippen LogP contribution in [0.2, 0.25) is 0 Å². The first-order valence-electron chi connectivity index (χ1n) is 11.6. The quantitative estimate of drug-likeness (QED) is 0.437. The lowest BCUT2D eigenvalue weighted by Gasteiger charge is -2.27. The summed E-state index contributed by atoms with van der Waals surface area (Å²) in [5.74, 6) is 0.816. The number of hydrogen-bond donors (Lipinski definition) is 1. The van der Waals surface area contributed by atoms with Crippen molar-refractivity contribution in [2.45, 2.75) is 31.8 Å². The molecule has 1 aliphatic heterocycles. The van der Waals surface area contributed by atoms with Crippen LogP contribution in [-0.4, -0.2) is 54.7 Å². The lowest BCUT2D eigenvalue weighted by molar-refractivity contribution is -0.00649. The number of hydrogen-bond acceptors (Lipinski definition) is 6. The number of rotatable bonds is 12. The Labute approximate surface area is 201 Å². The monoisotopic (exact) mass is 460 g/mol. The number of oxime groups is 1. The van der Waals surface area contributed by atoms with Gasteiger partial charge in [0.15, 0.2) is 0 Å². The van der Waals surface area contributed by atoms with E-state index in [1.807, 2.05) is 78.9 Å². The van der Waals surface area contributed by atoms with Gasteiger partial charge in [0, 0.05) is 26.1 Å². The van der Waals surface area contributed by atoms with Gasteiger partial charge in [-0.25, -0.2) is 0 Å². The zero-order valence-corrected chi connectivity index (χ0v) is 19.5. The number of nitrogens with zero attached hydrogens (tertiary/aromatic N) is 2. The van der Waals surface area contributed by atoms with Gasteiger partial charge >= 0.3 is 0 Å². The van der Waals surface area contributed by atoms with Crippen LogP contribution in [0.4, 0.5) is 0 Å². The van der Waals surface area contributed by atoms with E-state index in [1.54, 1.807) is 7.11 Å². The van der Waals surface area contributed by atoms with E-state index in [4.69, 9.17) is 14.3 Å². The molecule has 0 fully saturated rings. The zero-order chi connectivity index (χ0) is 23.6. The van der Waals surface area contributed by atoms with Gasteiger partial charge in [-0.15, -0.1) is 0 Å². The molecule has 0 aliphatic carbocycles. The fraction of sp³-hybridized carbons (Fsp3) is 0.321. The van der Waals surface area contributed by atoms with E-state index in [2.05, 4.69) is 16.1 Å². The van der Waals surface area contributed by atoms with Crippen LogP contribution in [0.25, 0.3) is 0 Å². The van der Waals surface area contributed by atoms with E-state index in [0.717, 1.165) is 34.6 Å². The molecule has 178 valence electrons. The highest BCUT2D eigenvalue weighted by Gasteiger charge is 2.25. The highest BCUT2D eigenvalue weighted by atomic mass is 16.6. The lowest BCUT2D eigenvalue weighted by Crippen LogP contribution is -2.39. The molecule has 3 aromatic rings. The third kappa shape index (κ3) is 7.15. The van der Waals surface area contributed by atoms with Gasteiger partial charge in [-0.2, -0.15) is 0 Å². The number of methoxy groups -OCH3 is 1. The van der Waals surface area contributed by atoms with E-state index in [-0.39, 0.29) is 12.7 Å². The fourth-order valence-corrected chi connectivity index (χ4v) is 4.09. The van der Waals surface area contributed by atoms with Crippen LogP contribution in [0, 0.1) is 0 Å². The van der Waals surface area contributed by atoms with Crippen LogP contribution in [0.5, 0.6) is 5.75 Å². The molecule has 0 radical (unpaired) electrons. The van der Waals surface area contributed by atoms with Crippen LogP contribution in [0.15, 0.2) is 90.1 Å². The van der Waals surface area contributed by atoms with Crippen LogP contribution in [0.1, 0.15) is 23.1 Å². The summed E-state index contributed by atoms with van der Waals surface area (Å²) in [4.78, 5) is 7.96. The van der Waals surface area contributed by atoms with Crippen molar-refractivity contribution in [3.63, 3.8) is 0 Å². The van der Waals surface area contributed by atoms with Gasteiger partial charge in [0.2, 0.25) is 0 Å². The third-order valence-electron chi connectivity index (χ3n) is 5.73. The molecule has 0 saturated carbocycles. The first-order chi connectivity index (χ1) is 16.7. The molecule has 6 nitrogen and oxygen atoms in total. The van der Waals surface area contributed by atoms with Crippen molar-refractivity contribution in [2.75, 3.05) is 26.8 Å². The summed E-state index contributed by atoms with van der Waals surface area (Å²) in [6, 6.07) is 28.1. The first-order valence-corrected chi connectivity index (χ1v) is 11.6. The van der Waals surface area contributed by atoms with Crippen molar-refractivity contribution in [2.24, 2.45) is 5.16 Å². The summed E-state index contributed by atoms with van der Waals surface area (Å²) in [6.45, 7) is 2.52. The average molecular weight is 461 g/mol. The largest absolute Gasteiger partial charge is 0.497 e. The minimum atomic E-state index is -0.620. The summed E-state index contributed by atoms with van der Waals surface area (Å²) in [6.07, 6.45) is 0.0441. The molecule has 0 spiro atoms. The number of benzene rings is 3. The Kier molecular flexibility index (Phi) is 8.68. The minimum absolute atomic E-state index is 0.0711. The SMILES string of the molecule is COc1cccc(CN(C[C@@H](O)COCc2ccccc2)C[C@@H]2CC(c3ccccc3)=NO2)c1. The Morgan fingerprint density at radius 1 is 1.00 bits per heavy atom. The van der Waals surface area contributed by atoms with E-state index in [0.29, 0.717) is 26.2 Å². The number of aliphatic hydroxyl groups excluding tert-OH is 1. The maximum absolute atomic E-state index is 10.7. The molecule has 0 amide bonds. The standard InChI is InChI=1S/C28H32N2O4/c1-32-26-14-8-11-23(15-26)17-30(18-25(31)21-33-20-22-9-4-2-5-10-22)19-27-16-28(29-34-27)24-12-6-3-7-13-24/h2-15,25,27,31H,16-21H2,1H3/t25-,27+/m1/s1. The minimum Gasteiger partial charge on any atom is -0.497 e. The second-order valence-electron chi connectivity index (χ2n) is 8.54. The second-order valence-corrected chi connectivity index (χ2v) is 8.54. The molecule has 0 bridgehead atoms. The van der Waals surface area contributed by atoms with E-state index in [9.17, 15) is 5.11 Å². The van der Waals surface area contributed by atoms with Gasteiger partial charge in [-0.1, -0.05) is 78.0 Å². The molecule has 0 saturated heterocycles. The Morgan fingerprint density at radius 3 is 2.50 bits per heavy atom. The van der Waals surface area contributed by atoms with Crippen molar-refractivity contribution in [3.8, 4) is 5.75 Å². The molecule has 6 heteroatoms. The lowest BCUT2D eigenvalue weighted by atomic mass is 10.0. The molecule has 1 N–H and O–H groups in total. The van der Waals surface area contributed by atoms with Gasteiger partial charge in [0.1, 0.15) is 11.9 Å². The number of ether oxygens (including phenoxy) is 2. The molecule has 1 heterocycles. The Hall–Kier alpha value is -3.19. The van der Waals surface area contributed by atoms with Crippen LogP contribution < -0.4 is 4.74 Å². The Balaban J connectivity index is 1.35. The maximum Gasteiger partial charge on any atom is 0.145 e. The third-order valence-corrected chi connectivity index (χ3v) is 5.73. The summed E-state index contributed by atoms with van der Waals surface area (Å²) in [7, 11) is 1.67. The normalized spacial score (nSPS) is 16.2. The molecule has 4 rings (SSSR count). The van der Waals surface area contributed by atoms with Crippen LogP contribution >= 0.6 is 0 Å². The summed E-state index contributed by atoms with van der Waals surface area (Å²) in [5, 5.41) is 15.0. The molecular formula is C28H32N2O4. The Bertz CT molecular complexity index is 1040. The van der Waals surface area contributed by atoms with Crippen molar-refractivity contribution in [3.05, 3.63) is 102 Å². The number of aliphatic hydroxyl groups is 1. The van der Waals surface area contributed by atoms with Gasteiger partial charge in [-0.3, -0.25) is 4.90 Å². The molecule has 0 unspecified atom stereocenters. The highest BCUT2D eigenvalue weighted by molar-refractivity contribution is 6.01. The topological polar surface area (TPSA) is 63.5 Å². The van der Waals surface area contributed by atoms with E-state index < -0.39 is 6.10 Å². The van der Waals surface area contributed by atoms with E-state index in [1.165, 1.54) is 0 Å². The van der Waals surface area contributed by atoms with Gasteiger partial charge in [-0.05, 0) is 28.8 Å². The van der Waals surface area contributed by atoms with Crippen molar-refractivity contribution < 1.29 is 19.4 Å². The van der Waals surface area contributed by atoms with Gasteiger partial charge < -0.3 is 19.4 Å². The Morgan fingerprint density at radius 2 is 1.74 bits per heavy atom. The van der Waals surface area contributed by atoms with Crippen molar-refractivity contribution >= 4 is 5.71 Å². The van der Waals surface area contributed by atoms with Gasteiger partial charge in [0.05, 0.1) is 32.1 Å². The molecule has 1 aliphatic rings. The maximum atomic E-state index is 10.7. The summed E-state index contributed by atoms with van der Waals surface area (Å²) >= 11 is 0. The molecule has 34 heavy (non-hydrogen) atoms. The predicted octanol–water partition coefficient (Wildman–Crippen LogP) is 4.27. The van der Waals surface area contributed by atoms with Crippen molar-refractivity contribution in [1.29, 1.82) is 0 Å². The van der Waals surface area contributed by atoms with Crippen molar-refractivity contribution in [1.82, 2.24) is 4.90 Å². The van der Waals surface area contributed by atoms with Gasteiger partial charge in [0.25, 0.3) is 0 Å². The predicted molar refractivity (Wildman–Crippen MR) is 133 cm³/mol. The zero-order valence-electron chi connectivity index (χ0n) is 19.5.